The number of methoxy groups -OCH3 is 1. The van der Waals surface area contributed by atoms with Crippen molar-refractivity contribution in [2.24, 2.45) is 5.41 Å². The van der Waals surface area contributed by atoms with Crippen LogP contribution in [0.1, 0.15) is 6.42 Å². The lowest BCUT2D eigenvalue weighted by atomic mass is 9.87. The summed E-state index contributed by atoms with van der Waals surface area (Å²) in [5.74, 6) is -0.717. The molecule has 1 aliphatic rings. The molecule has 0 aliphatic carbocycles. The van der Waals surface area contributed by atoms with Crippen molar-refractivity contribution in [2.75, 3.05) is 32.1 Å². The molecule has 1 heterocycles. The molecule has 2 rings (SSSR count). The minimum atomic E-state index is -0.592. The van der Waals surface area contributed by atoms with Gasteiger partial charge in [0.1, 0.15) is 5.82 Å². The van der Waals surface area contributed by atoms with Gasteiger partial charge in [-0.25, -0.2) is 4.39 Å². The van der Waals surface area contributed by atoms with E-state index in [2.05, 4.69) is 10.6 Å². The molecule has 104 valence electrons. The second-order valence-electron chi connectivity index (χ2n) is 4.72. The third kappa shape index (κ3) is 3.05. The van der Waals surface area contributed by atoms with E-state index in [1.165, 1.54) is 12.1 Å². The van der Waals surface area contributed by atoms with Crippen LogP contribution in [0.15, 0.2) is 18.2 Å². The molecule has 19 heavy (non-hydrogen) atoms. The molecule has 1 saturated heterocycles. The summed E-state index contributed by atoms with van der Waals surface area (Å²) in [6, 6.07) is 4.21. The molecule has 1 fully saturated rings. The first kappa shape index (κ1) is 14.2. The van der Waals surface area contributed by atoms with Crippen LogP contribution in [0.2, 0.25) is 5.02 Å². The molecule has 1 aliphatic heterocycles. The molecule has 0 aromatic heterocycles. The highest BCUT2D eigenvalue weighted by Crippen LogP contribution is 2.28. The minimum Gasteiger partial charge on any atom is -0.384 e. The van der Waals surface area contributed by atoms with Gasteiger partial charge in [0, 0.05) is 19.3 Å². The van der Waals surface area contributed by atoms with Crippen molar-refractivity contribution in [2.45, 2.75) is 6.42 Å². The molecule has 0 radical (unpaired) electrons. The van der Waals surface area contributed by atoms with E-state index < -0.39 is 11.2 Å². The number of amides is 1. The van der Waals surface area contributed by atoms with Crippen molar-refractivity contribution in [3.8, 4) is 0 Å². The summed E-state index contributed by atoms with van der Waals surface area (Å²) in [4.78, 5) is 12.3. The van der Waals surface area contributed by atoms with Crippen LogP contribution in [-0.4, -0.2) is 32.7 Å². The number of hydrogen-bond donors (Lipinski definition) is 2. The van der Waals surface area contributed by atoms with Crippen LogP contribution < -0.4 is 10.6 Å². The van der Waals surface area contributed by atoms with Crippen LogP contribution in [0.3, 0.4) is 0 Å². The molecule has 1 aromatic carbocycles. The molecule has 1 atom stereocenters. The van der Waals surface area contributed by atoms with Gasteiger partial charge in [0.05, 0.1) is 17.0 Å². The van der Waals surface area contributed by atoms with Gasteiger partial charge < -0.3 is 15.4 Å². The zero-order chi connectivity index (χ0) is 13.9. The monoisotopic (exact) mass is 286 g/mol. The second kappa shape index (κ2) is 5.86. The molecule has 0 bridgehead atoms. The molecular weight excluding hydrogens is 271 g/mol. The van der Waals surface area contributed by atoms with E-state index in [1.54, 1.807) is 13.2 Å². The largest absolute Gasteiger partial charge is 0.384 e. The quantitative estimate of drug-likeness (QED) is 0.891. The number of ether oxygens (including phenoxy) is 1. The normalized spacial score (nSPS) is 22.5. The average Bonchev–Trinajstić information content (AvgIpc) is 2.84. The summed E-state index contributed by atoms with van der Waals surface area (Å²) in [6.45, 7) is 1.66. The Morgan fingerprint density at radius 1 is 1.63 bits per heavy atom. The van der Waals surface area contributed by atoms with Gasteiger partial charge in [-0.05, 0) is 31.2 Å². The van der Waals surface area contributed by atoms with Crippen LogP contribution in [-0.2, 0) is 9.53 Å². The number of halogens is 2. The fraction of sp³-hybridized carbons (Fsp3) is 0.462. The highest BCUT2D eigenvalue weighted by molar-refractivity contribution is 6.30. The fourth-order valence-electron chi connectivity index (χ4n) is 2.24. The molecule has 1 aromatic rings. The summed E-state index contributed by atoms with van der Waals surface area (Å²) in [7, 11) is 1.56. The lowest BCUT2D eigenvalue weighted by molar-refractivity contribution is -0.127. The fourth-order valence-corrected chi connectivity index (χ4v) is 2.36. The lowest BCUT2D eigenvalue weighted by Crippen LogP contribution is -2.41. The van der Waals surface area contributed by atoms with Gasteiger partial charge in [0.15, 0.2) is 0 Å². The topological polar surface area (TPSA) is 50.4 Å². The lowest BCUT2D eigenvalue weighted by Gasteiger charge is -2.25. The number of anilines is 1. The van der Waals surface area contributed by atoms with Crippen molar-refractivity contribution < 1.29 is 13.9 Å². The van der Waals surface area contributed by atoms with Crippen molar-refractivity contribution in [1.29, 1.82) is 0 Å². The van der Waals surface area contributed by atoms with Crippen LogP contribution in [0.4, 0.5) is 10.1 Å². The van der Waals surface area contributed by atoms with Gasteiger partial charge >= 0.3 is 0 Å². The maximum Gasteiger partial charge on any atom is 0.234 e. The Kier molecular flexibility index (Phi) is 4.39. The first-order valence-electron chi connectivity index (χ1n) is 6.03. The van der Waals surface area contributed by atoms with Crippen molar-refractivity contribution in [1.82, 2.24) is 5.32 Å². The third-order valence-corrected chi connectivity index (χ3v) is 3.63. The van der Waals surface area contributed by atoms with Gasteiger partial charge in [-0.1, -0.05) is 11.6 Å². The van der Waals surface area contributed by atoms with E-state index in [4.69, 9.17) is 16.3 Å². The number of benzene rings is 1. The van der Waals surface area contributed by atoms with Gasteiger partial charge in [-0.3, -0.25) is 4.79 Å². The zero-order valence-electron chi connectivity index (χ0n) is 10.6. The summed E-state index contributed by atoms with van der Waals surface area (Å²) >= 11 is 5.60. The molecule has 1 unspecified atom stereocenters. The number of carbonyl (C=O) groups is 1. The Morgan fingerprint density at radius 2 is 2.42 bits per heavy atom. The van der Waals surface area contributed by atoms with Crippen LogP contribution in [0, 0.1) is 11.2 Å². The highest BCUT2D eigenvalue weighted by Gasteiger charge is 2.41. The number of nitrogens with one attached hydrogen (secondary N) is 2. The number of rotatable bonds is 4. The van der Waals surface area contributed by atoms with Gasteiger partial charge in [-0.15, -0.1) is 0 Å². The molecule has 0 saturated carbocycles. The van der Waals surface area contributed by atoms with Crippen molar-refractivity contribution in [3.63, 3.8) is 0 Å². The Morgan fingerprint density at radius 3 is 3.00 bits per heavy atom. The first-order valence-corrected chi connectivity index (χ1v) is 6.41. The molecule has 1 amide bonds. The van der Waals surface area contributed by atoms with E-state index >= 15 is 0 Å². The van der Waals surface area contributed by atoms with E-state index in [1.807, 2.05) is 0 Å². The van der Waals surface area contributed by atoms with Crippen molar-refractivity contribution in [3.05, 3.63) is 29.0 Å². The Hall–Kier alpha value is -1.17. The van der Waals surface area contributed by atoms with E-state index in [9.17, 15) is 9.18 Å². The van der Waals surface area contributed by atoms with Gasteiger partial charge in [-0.2, -0.15) is 0 Å². The summed E-state index contributed by atoms with van der Waals surface area (Å²) in [5, 5.41) is 5.90. The Labute approximate surface area is 116 Å². The van der Waals surface area contributed by atoms with Crippen LogP contribution >= 0.6 is 11.6 Å². The average molecular weight is 287 g/mol. The number of hydrogen-bond acceptors (Lipinski definition) is 3. The van der Waals surface area contributed by atoms with E-state index in [-0.39, 0.29) is 10.9 Å². The standard InChI is InChI=1S/C13H16ClFN2O2/c1-19-8-13(4-5-16-7-13)12(18)17-9-2-3-10(14)11(15)6-9/h2-3,6,16H,4-5,7-8H2,1H3,(H,17,18). The third-order valence-electron chi connectivity index (χ3n) is 3.32. The smallest absolute Gasteiger partial charge is 0.234 e. The maximum absolute atomic E-state index is 13.3. The van der Waals surface area contributed by atoms with Gasteiger partial charge in [0.25, 0.3) is 0 Å². The predicted octanol–water partition coefficient (Wildman–Crippen LogP) is 2.04. The molecule has 4 nitrogen and oxygen atoms in total. The van der Waals surface area contributed by atoms with E-state index in [0.717, 1.165) is 6.54 Å². The predicted molar refractivity (Wildman–Crippen MR) is 71.8 cm³/mol. The molecular formula is C13H16ClFN2O2. The van der Waals surface area contributed by atoms with Crippen LogP contribution in [0.5, 0.6) is 0 Å². The number of carbonyl (C=O) groups excluding carboxylic acids is 1. The first-order chi connectivity index (χ1) is 9.07. The molecule has 0 spiro atoms. The molecule has 2 N–H and O–H groups in total. The second-order valence-corrected chi connectivity index (χ2v) is 5.13. The maximum atomic E-state index is 13.3. The van der Waals surface area contributed by atoms with Crippen molar-refractivity contribution >= 4 is 23.2 Å². The summed E-state index contributed by atoms with van der Waals surface area (Å²) in [6.07, 6.45) is 0.697. The zero-order valence-corrected chi connectivity index (χ0v) is 11.4. The summed E-state index contributed by atoms with van der Waals surface area (Å²) < 4.78 is 18.5. The van der Waals surface area contributed by atoms with E-state index in [0.29, 0.717) is 25.3 Å². The minimum absolute atomic E-state index is 0.0344. The van der Waals surface area contributed by atoms with Crippen LogP contribution in [0.25, 0.3) is 0 Å². The Balaban J connectivity index is 2.12. The Bertz CT molecular complexity index is 476. The molecule has 6 heteroatoms. The SMILES string of the molecule is COCC1(C(=O)Nc2ccc(Cl)c(F)c2)CCNC1. The summed E-state index contributed by atoms with van der Waals surface area (Å²) in [5.41, 5.74) is -0.195. The highest BCUT2D eigenvalue weighted by atomic mass is 35.5. The van der Waals surface area contributed by atoms with Gasteiger partial charge in [0.2, 0.25) is 5.91 Å².